The molecule has 2 aromatic rings. The average molecular weight is 565 g/mol. The molecule has 6 atom stereocenters. The number of amides is 2. The summed E-state index contributed by atoms with van der Waals surface area (Å²) >= 11 is 1.67. The van der Waals surface area contributed by atoms with E-state index in [4.69, 9.17) is 4.74 Å². The Bertz CT molecular complexity index is 1280. The minimum absolute atomic E-state index is 0.0291. The number of thioether (sulfide) groups is 1. The lowest BCUT2D eigenvalue weighted by Gasteiger charge is -2.40. The summed E-state index contributed by atoms with van der Waals surface area (Å²) in [5, 5.41) is 11.3. The van der Waals surface area contributed by atoms with E-state index in [2.05, 4.69) is 13.5 Å². The molecule has 3 aliphatic rings. The van der Waals surface area contributed by atoms with Crippen LogP contribution in [0.15, 0.2) is 55.1 Å². The van der Waals surface area contributed by atoms with Crippen molar-refractivity contribution < 1.29 is 24.2 Å². The maximum Gasteiger partial charge on any atom is 0.310 e. The first-order valence-electron chi connectivity index (χ1n) is 14.6. The third kappa shape index (κ3) is 4.73. The fourth-order valence-electron chi connectivity index (χ4n) is 7.24. The molecule has 3 aliphatic heterocycles. The number of ether oxygens (including phenoxy) is 1. The third-order valence-electron chi connectivity index (χ3n) is 8.97. The Balaban J connectivity index is 1.54. The number of likely N-dealkylation sites (tertiary alicyclic amines) is 1. The van der Waals surface area contributed by atoms with Crippen LogP contribution in [0.1, 0.15) is 46.0 Å². The van der Waals surface area contributed by atoms with Crippen molar-refractivity contribution in [3.05, 3.63) is 55.1 Å². The predicted octanol–water partition coefficient (Wildman–Crippen LogP) is 4.81. The van der Waals surface area contributed by atoms with Crippen LogP contribution >= 0.6 is 11.8 Å². The average Bonchev–Trinajstić information content (AvgIpc) is 3.54. The van der Waals surface area contributed by atoms with Crippen LogP contribution < -0.4 is 4.90 Å². The Morgan fingerprint density at radius 3 is 2.65 bits per heavy atom. The highest BCUT2D eigenvalue weighted by atomic mass is 32.2. The lowest BCUT2D eigenvalue weighted by molar-refractivity contribution is -0.154. The Labute approximate surface area is 240 Å². The van der Waals surface area contributed by atoms with Gasteiger partial charge >= 0.3 is 5.97 Å². The van der Waals surface area contributed by atoms with Crippen LogP contribution in [-0.2, 0) is 19.1 Å². The summed E-state index contributed by atoms with van der Waals surface area (Å²) in [4.78, 5) is 45.7. The summed E-state index contributed by atoms with van der Waals surface area (Å²) in [6, 6.07) is 13.4. The zero-order chi connectivity index (χ0) is 28.4. The number of esters is 1. The van der Waals surface area contributed by atoms with Crippen molar-refractivity contribution in [3.63, 3.8) is 0 Å². The number of carbonyl (C=O) groups is 3. The van der Waals surface area contributed by atoms with E-state index < -0.39 is 22.6 Å². The second-order valence-corrected chi connectivity index (χ2v) is 12.8. The van der Waals surface area contributed by atoms with Gasteiger partial charge in [-0.05, 0) is 55.0 Å². The number of anilines is 1. The standard InChI is InChI=1S/C32H40N2O5S/c1-4-16-33(24-15-14-22-12-8-9-13-23(22)20-24)30(37)28-32-21(3)19-25(40-32)26(31(38)39-5-2)27(32)29(36)34(28)17-10-6-7-11-18-35/h4,8-9,12-15,20-21,25-28,35H,1,5-7,10-11,16-19H2,2-3H3/t21?,25-,26+,27-,28?,32?/m0/s1. The summed E-state index contributed by atoms with van der Waals surface area (Å²) in [7, 11) is 0. The summed E-state index contributed by atoms with van der Waals surface area (Å²) in [5.74, 6) is -1.54. The van der Waals surface area contributed by atoms with Crippen molar-refractivity contribution in [1.29, 1.82) is 0 Å². The molecule has 40 heavy (non-hydrogen) atoms. The maximum absolute atomic E-state index is 14.8. The minimum Gasteiger partial charge on any atom is -0.466 e. The van der Waals surface area contributed by atoms with E-state index in [1.165, 1.54) is 0 Å². The molecular weight excluding hydrogens is 524 g/mol. The molecule has 0 aliphatic carbocycles. The van der Waals surface area contributed by atoms with Crippen molar-refractivity contribution in [2.75, 3.05) is 31.2 Å². The zero-order valence-electron chi connectivity index (χ0n) is 23.5. The van der Waals surface area contributed by atoms with Gasteiger partial charge in [-0.2, -0.15) is 0 Å². The minimum atomic E-state index is -0.683. The molecule has 8 heteroatoms. The van der Waals surface area contributed by atoms with Gasteiger partial charge in [-0.3, -0.25) is 14.4 Å². The number of aliphatic hydroxyl groups is 1. The van der Waals surface area contributed by atoms with Crippen molar-refractivity contribution in [3.8, 4) is 0 Å². The third-order valence-corrected chi connectivity index (χ3v) is 11.0. The molecule has 5 rings (SSSR count). The van der Waals surface area contributed by atoms with Crippen LogP contribution in [0.2, 0.25) is 0 Å². The molecule has 0 radical (unpaired) electrons. The van der Waals surface area contributed by atoms with Gasteiger partial charge in [0.15, 0.2) is 0 Å². The second kappa shape index (κ2) is 12.0. The predicted molar refractivity (Wildman–Crippen MR) is 159 cm³/mol. The molecule has 3 saturated heterocycles. The van der Waals surface area contributed by atoms with E-state index in [1.807, 2.05) is 42.5 Å². The Kier molecular flexibility index (Phi) is 8.57. The van der Waals surface area contributed by atoms with Crippen LogP contribution in [-0.4, -0.2) is 70.1 Å². The molecule has 2 bridgehead atoms. The largest absolute Gasteiger partial charge is 0.466 e. The van der Waals surface area contributed by atoms with E-state index in [0.29, 0.717) is 13.1 Å². The first-order chi connectivity index (χ1) is 19.4. The van der Waals surface area contributed by atoms with Crippen LogP contribution in [0.4, 0.5) is 5.69 Å². The lowest BCUT2D eigenvalue weighted by atomic mass is 9.66. The van der Waals surface area contributed by atoms with Crippen LogP contribution in [0.25, 0.3) is 10.8 Å². The van der Waals surface area contributed by atoms with E-state index in [9.17, 15) is 19.5 Å². The molecule has 2 amide bonds. The van der Waals surface area contributed by atoms with Gasteiger partial charge in [0, 0.05) is 30.6 Å². The molecule has 214 valence electrons. The van der Waals surface area contributed by atoms with Crippen molar-refractivity contribution in [1.82, 2.24) is 4.90 Å². The van der Waals surface area contributed by atoms with Gasteiger partial charge in [-0.15, -0.1) is 18.3 Å². The molecule has 7 nitrogen and oxygen atoms in total. The van der Waals surface area contributed by atoms with Gasteiger partial charge in [0.1, 0.15) is 6.04 Å². The normalized spacial score (nSPS) is 28.6. The highest BCUT2D eigenvalue weighted by molar-refractivity contribution is 8.02. The van der Waals surface area contributed by atoms with E-state index in [0.717, 1.165) is 48.6 Å². The fourth-order valence-corrected chi connectivity index (χ4v) is 9.64. The van der Waals surface area contributed by atoms with Gasteiger partial charge < -0.3 is 19.6 Å². The quantitative estimate of drug-likeness (QED) is 0.226. The van der Waals surface area contributed by atoms with Gasteiger partial charge in [-0.25, -0.2) is 0 Å². The number of rotatable bonds is 12. The highest BCUT2D eigenvalue weighted by Crippen LogP contribution is 2.68. The summed E-state index contributed by atoms with van der Waals surface area (Å²) in [6.45, 7) is 9.03. The first kappa shape index (κ1) is 28.7. The van der Waals surface area contributed by atoms with Gasteiger partial charge in [0.05, 0.1) is 23.2 Å². The molecule has 0 saturated carbocycles. The van der Waals surface area contributed by atoms with Crippen molar-refractivity contribution in [2.24, 2.45) is 17.8 Å². The van der Waals surface area contributed by atoms with E-state index in [-0.39, 0.29) is 42.2 Å². The van der Waals surface area contributed by atoms with Crippen LogP contribution in [0, 0.1) is 17.8 Å². The Morgan fingerprint density at radius 1 is 1.18 bits per heavy atom. The molecule has 3 heterocycles. The number of fused-ring (bicyclic) bond motifs is 2. The molecular formula is C32H40N2O5S. The Morgan fingerprint density at radius 2 is 1.93 bits per heavy atom. The lowest BCUT2D eigenvalue weighted by Crippen LogP contribution is -2.57. The number of carbonyl (C=O) groups excluding carboxylic acids is 3. The number of nitrogens with zero attached hydrogens (tertiary/aromatic N) is 2. The monoisotopic (exact) mass is 564 g/mol. The first-order valence-corrected chi connectivity index (χ1v) is 15.4. The molecule has 1 N–H and O–H groups in total. The number of benzene rings is 2. The molecule has 3 unspecified atom stereocenters. The fraction of sp³-hybridized carbons (Fsp3) is 0.531. The van der Waals surface area contributed by atoms with Crippen LogP contribution in [0.5, 0.6) is 0 Å². The molecule has 2 aromatic carbocycles. The number of hydrogen-bond donors (Lipinski definition) is 1. The SMILES string of the molecule is C=CCN(C(=O)C1N(CCCCCCO)C(=O)[C@@H]2[C@H](C(=O)OCC)[C@@H]3CC(C)C12S3)c1ccc2ccccc2c1. The summed E-state index contributed by atoms with van der Waals surface area (Å²) < 4.78 is 4.78. The molecule has 0 aromatic heterocycles. The van der Waals surface area contributed by atoms with Crippen LogP contribution in [0.3, 0.4) is 0 Å². The van der Waals surface area contributed by atoms with E-state index >= 15 is 0 Å². The topological polar surface area (TPSA) is 87.2 Å². The molecule has 1 spiro atoms. The summed E-state index contributed by atoms with van der Waals surface area (Å²) in [6.07, 6.45) is 5.69. The van der Waals surface area contributed by atoms with Gasteiger partial charge in [-0.1, -0.05) is 56.2 Å². The number of aliphatic hydroxyl groups excluding tert-OH is 1. The Hall–Kier alpha value is -2.84. The van der Waals surface area contributed by atoms with Gasteiger partial charge in [0.25, 0.3) is 5.91 Å². The van der Waals surface area contributed by atoms with E-state index in [1.54, 1.807) is 34.6 Å². The van der Waals surface area contributed by atoms with Gasteiger partial charge in [0.2, 0.25) is 5.91 Å². The summed E-state index contributed by atoms with van der Waals surface area (Å²) in [5.41, 5.74) is 0.769. The van der Waals surface area contributed by atoms with Crippen molar-refractivity contribution >= 4 is 46.0 Å². The maximum atomic E-state index is 14.8. The highest BCUT2D eigenvalue weighted by Gasteiger charge is 2.76. The number of unbranched alkanes of at least 4 members (excludes halogenated alkanes) is 3. The smallest absolute Gasteiger partial charge is 0.310 e. The molecule has 3 fully saturated rings. The number of hydrogen-bond acceptors (Lipinski definition) is 6. The zero-order valence-corrected chi connectivity index (χ0v) is 24.3. The second-order valence-electron chi connectivity index (χ2n) is 11.2. The van der Waals surface area contributed by atoms with Crippen molar-refractivity contribution in [2.45, 2.75) is 62.0 Å².